The Bertz CT molecular complexity index is 761. The van der Waals surface area contributed by atoms with Crippen LogP contribution < -0.4 is 16.2 Å². The van der Waals surface area contributed by atoms with Crippen LogP contribution in [-0.2, 0) is 11.8 Å². The van der Waals surface area contributed by atoms with E-state index in [-0.39, 0.29) is 29.8 Å². The molecule has 1 aliphatic rings. The van der Waals surface area contributed by atoms with Crippen LogP contribution in [0, 0.1) is 12.8 Å². The van der Waals surface area contributed by atoms with Gasteiger partial charge in [-0.3, -0.25) is 14.3 Å². The second-order valence-corrected chi connectivity index (χ2v) is 5.95. The Hall–Kier alpha value is -2.05. The highest BCUT2D eigenvalue weighted by atomic mass is 35.5. The summed E-state index contributed by atoms with van der Waals surface area (Å²) in [6, 6.07) is 9.43. The van der Waals surface area contributed by atoms with Crippen LogP contribution >= 0.6 is 12.4 Å². The summed E-state index contributed by atoms with van der Waals surface area (Å²) in [6.45, 7) is 3.54. The third-order valence-electron chi connectivity index (χ3n) is 4.51. The van der Waals surface area contributed by atoms with Gasteiger partial charge in [-0.05, 0) is 45.0 Å². The van der Waals surface area contributed by atoms with Crippen molar-refractivity contribution in [2.75, 3.05) is 18.4 Å². The molecule has 0 unspecified atom stereocenters. The van der Waals surface area contributed by atoms with Gasteiger partial charge in [-0.2, -0.15) is 0 Å². The number of halogens is 1. The molecule has 7 heteroatoms. The van der Waals surface area contributed by atoms with E-state index >= 15 is 0 Å². The van der Waals surface area contributed by atoms with Gasteiger partial charge < -0.3 is 10.6 Å². The number of hydrogen-bond donors (Lipinski definition) is 2. The Labute approximate surface area is 147 Å². The minimum atomic E-state index is -0.196. The van der Waals surface area contributed by atoms with E-state index in [1.54, 1.807) is 9.36 Å². The lowest BCUT2D eigenvalue weighted by Gasteiger charge is -2.21. The van der Waals surface area contributed by atoms with Crippen LogP contribution in [0.25, 0.3) is 5.69 Å². The highest BCUT2D eigenvalue weighted by Gasteiger charge is 2.24. The predicted molar refractivity (Wildman–Crippen MR) is 97.2 cm³/mol. The van der Waals surface area contributed by atoms with Gasteiger partial charge in [0.1, 0.15) is 5.69 Å². The molecular formula is C17H23ClN4O2. The van der Waals surface area contributed by atoms with Crippen LogP contribution in [0.15, 0.2) is 35.1 Å². The molecule has 6 nitrogen and oxygen atoms in total. The van der Waals surface area contributed by atoms with Crippen molar-refractivity contribution < 1.29 is 4.79 Å². The summed E-state index contributed by atoms with van der Waals surface area (Å²) in [5, 5.41) is 6.10. The zero-order chi connectivity index (χ0) is 16.4. The molecule has 1 saturated heterocycles. The van der Waals surface area contributed by atoms with E-state index in [4.69, 9.17) is 0 Å². The van der Waals surface area contributed by atoms with Crippen LogP contribution in [0.3, 0.4) is 0 Å². The lowest BCUT2D eigenvalue weighted by atomic mass is 9.97. The van der Waals surface area contributed by atoms with Crippen molar-refractivity contribution in [1.29, 1.82) is 0 Å². The van der Waals surface area contributed by atoms with Crippen LogP contribution in [0.5, 0.6) is 0 Å². The van der Waals surface area contributed by atoms with Gasteiger partial charge in [0.25, 0.3) is 5.56 Å². The average molecular weight is 351 g/mol. The van der Waals surface area contributed by atoms with Crippen molar-refractivity contribution in [3.8, 4) is 5.69 Å². The summed E-state index contributed by atoms with van der Waals surface area (Å²) < 4.78 is 3.35. The van der Waals surface area contributed by atoms with Gasteiger partial charge in [0.05, 0.1) is 11.4 Å². The predicted octanol–water partition coefficient (Wildman–Crippen LogP) is 1.84. The quantitative estimate of drug-likeness (QED) is 0.887. The third-order valence-corrected chi connectivity index (χ3v) is 4.51. The first-order valence-electron chi connectivity index (χ1n) is 7.95. The Balaban J connectivity index is 0.00000208. The molecular weight excluding hydrogens is 328 g/mol. The molecule has 0 radical (unpaired) electrons. The number of nitrogens with zero attached hydrogens (tertiary/aromatic N) is 2. The Kier molecular flexibility index (Phi) is 5.85. The van der Waals surface area contributed by atoms with Gasteiger partial charge in [0, 0.05) is 13.0 Å². The first-order valence-corrected chi connectivity index (χ1v) is 7.95. The molecule has 1 aromatic heterocycles. The number of piperidine rings is 1. The van der Waals surface area contributed by atoms with E-state index in [9.17, 15) is 9.59 Å². The van der Waals surface area contributed by atoms with Crippen LogP contribution in [0.1, 0.15) is 18.5 Å². The number of rotatable bonds is 3. The maximum Gasteiger partial charge on any atom is 0.295 e. The standard InChI is InChI=1S/C17H22N4O2.ClH/c1-12-15(19-16(22)13-8-10-18-11-9-13)17(23)21(20(12)2)14-6-4-3-5-7-14;/h3-7,13,18H,8-11H2,1-2H3,(H,19,22);1H. The zero-order valence-corrected chi connectivity index (χ0v) is 14.7. The minimum absolute atomic E-state index is 0. The molecule has 2 heterocycles. The second kappa shape index (κ2) is 7.68. The van der Waals surface area contributed by atoms with Crippen LogP contribution in [0.4, 0.5) is 5.69 Å². The van der Waals surface area contributed by atoms with Gasteiger partial charge in [0.2, 0.25) is 5.91 Å². The van der Waals surface area contributed by atoms with Gasteiger partial charge >= 0.3 is 0 Å². The van der Waals surface area contributed by atoms with E-state index in [0.29, 0.717) is 5.69 Å². The molecule has 1 aromatic carbocycles. The van der Waals surface area contributed by atoms with Crippen molar-refractivity contribution in [3.63, 3.8) is 0 Å². The monoisotopic (exact) mass is 350 g/mol. The lowest BCUT2D eigenvalue weighted by molar-refractivity contribution is -0.120. The summed E-state index contributed by atoms with van der Waals surface area (Å²) in [5.74, 6) is -0.0852. The lowest BCUT2D eigenvalue weighted by Crippen LogP contribution is -2.35. The summed E-state index contributed by atoms with van der Waals surface area (Å²) in [5.41, 5.74) is 1.71. The zero-order valence-electron chi connectivity index (χ0n) is 13.9. The van der Waals surface area contributed by atoms with Gasteiger partial charge in [0.15, 0.2) is 0 Å². The summed E-state index contributed by atoms with van der Waals surface area (Å²) >= 11 is 0. The van der Waals surface area contributed by atoms with E-state index in [1.807, 2.05) is 44.3 Å². The van der Waals surface area contributed by atoms with Crippen molar-refractivity contribution in [1.82, 2.24) is 14.7 Å². The van der Waals surface area contributed by atoms with E-state index in [0.717, 1.165) is 37.3 Å². The summed E-state index contributed by atoms with van der Waals surface area (Å²) in [4.78, 5) is 25.2. The average Bonchev–Trinajstić information content (AvgIpc) is 2.80. The number of para-hydroxylation sites is 1. The van der Waals surface area contributed by atoms with Crippen molar-refractivity contribution in [3.05, 3.63) is 46.4 Å². The number of anilines is 1. The molecule has 2 aromatic rings. The number of carbonyl (C=O) groups is 1. The van der Waals surface area contributed by atoms with Crippen LogP contribution in [0.2, 0.25) is 0 Å². The molecule has 0 bridgehead atoms. The molecule has 1 aliphatic heterocycles. The molecule has 0 atom stereocenters. The van der Waals surface area contributed by atoms with Gasteiger partial charge in [-0.25, -0.2) is 4.68 Å². The number of carbonyl (C=O) groups excluding carboxylic acids is 1. The second-order valence-electron chi connectivity index (χ2n) is 5.95. The number of benzene rings is 1. The Morgan fingerprint density at radius 3 is 2.46 bits per heavy atom. The molecule has 0 saturated carbocycles. The smallest absolute Gasteiger partial charge is 0.295 e. The molecule has 24 heavy (non-hydrogen) atoms. The number of aromatic nitrogens is 2. The Morgan fingerprint density at radius 1 is 1.21 bits per heavy atom. The molecule has 0 spiro atoms. The fourth-order valence-electron chi connectivity index (χ4n) is 3.02. The number of amides is 1. The highest BCUT2D eigenvalue weighted by Crippen LogP contribution is 2.17. The van der Waals surface area contributed by atoms with Crippen molar-refractivity contribution in [2.24, 2.45) is 13.0 Å². The third kappa shape index (κ3) is 3.39. The molecule has 130 valence electrons. The van der Waals surface area contributed by atoms with E-state index < -0.39 is 0 Å². The number of hydrogen-bond acceptors (Lipinski definition) is 3. The van der Waals surface area contributed by atoms with E-state index in [2.05, 4.69) is 10.6 Å². The fourth-order valence-corrected chi connectivity index (χ4v) is 3.02. The molecule has 1 fully saturated rings. The fraction of sp³-hybridized carbons (Fsp3) is 0.412. The molecule has 0 aliphatic carbocycles. The van der Waals surface area contributed by atoms with Crippen molar-refractivity contribution >= 4 is 24.0 Å². The molecule has 1 amide bonds. The largest absolute Gasteiger partial charge is 0.320 e. The van der Waals surface area contributed by atoms with Crippen molar-refractivity contribution in [2.45, 2.75) is 19.8 Å². The summed E-state index contributed by atoms with van der Waals surface area (Å²) in [6.07, 6.45) is 1.62. The number of nitrogens with one attached hydrogen (secondary N) is 2. The first-order chi connectivity index (χ1) is 11.1. The first kappa shape index (κ1) is 18.3. The minimum Gasteiger partial charge on any atom is -0.320 e. The molecule has 2 N–H and O–H groups in total. The summed E-state index contributed by atoms with van der Waals surface area (Å²) in [7, 11) is 1.82. The van der Waals surface area contributed by atoms with Gasteiger partial charge in [-0.15, -0.1) is 12.4 Å². The Morgan fingerprint density at radius 2 is 1.83 bits per heavy atom. The van der Waals surface area contributed by atoms with Gasteiger partial charge in [-0.1, -0.05) is 18.2 Å². The maximum absolute atomic E-state index is 12.7. The maximum atomic E-state index is 12.7. The van der Waals surface area contributed by atoms with Crippen LogP contribution in [-0.4, -0.2) is 28.4 Å². The normalized spacial score (nSPS) is 14.9. The molecule has 3 rings (SSSR count). The SMILES string of the molecule is Cc1c(NC(=O)C2CCNCC2)c(=O)n(-c2ccccc2)n1C.Cl. The highest BCUT2D eigenvalue weighted by molar-refractivity contribution is 5.93. The van der Waals surface area contributed by atoms with E-state index in [1.165, 1.54) is 0 Å². The topological polar surface area (TPSA) is 68.1 Å².